The first kappa shape index (κ1) is 13.8. The normalized spacial score (nSPS) is 11.9. The van der Waals surface area contributed by atoms with Crippen molar-refractivity contribution in [2.75, 3.05) is 0 Å². The Balaban J connectivity index is 1.68. The van der Waals surface area contributed by atoms with Gasteiger partial charge in [0.1, 0.15) is 10.5 Å². The minimum Gasteiger partial charge on any atom is -0.437 e. The Morgan fingerprint density at radius 2 is 1.68 bits per heavy atom. The monoisotopic (exact) mass is 346 g/mol. The third-order valence-corrected chi connectivity index (χ3v) is 4.56. The van der Waals surface area contributed by atoms with Crippen LogP contribution in [0, 0.1) is 0 Å². The molecule has 0 amide bonds. The van der Waals surface area contributed by atoms with E-state index >= 15 is 0 Å². The number of hydrogen-bond acceptors (Lipinski definition) is 4. The van der Waals surface area contributed by atoms with Crippen LogP contribution in [0.4, 0.5) is 0 Å². The molecular formula is C16H8Cl2N2OS. The van der Waals surface area contributed by atoms with Crippen LogP contribution in [0.15, 0.2) is 40.8 Å². The fraction of sp³-hybridized carbons (Fsp3) is 0. The Kier molecular flexibility index (Phi) is 3.37. The standard InChI is InChI=1S/C16H8Cl2N2OS/c17-9-1-3-11-13(7-9)21-15(19-11)5-6-16-20-12-4-2-10(18)8-14(12)22-16/h1-8H. The van der Waals surface area contributed by atoms with Crippen LogP contribution < -0.4 is 0 Å². The van der Waals surface area contributed by atoms with E-state index in [9.17, 15) is 0 Å². The number of halogens is 2. The van der Waals surface area contributed by atoms with Crippen molar-refractivity contribution in [3.63, 3.8) is 0 Å². The van der Waals surface area contributed by atoms with Gasteiger partial charge in [-0.25, -0.2) is 9.97 Å². The summed E-state index contributed by atoms with van der Waals surface area (Å²) < 4.78 is 6.69. The van der Waals surface area contributed by atoms with Crippen molar-refractivity contribution in [3.8, 4) is 0 Å². The van der Waals surface area contributed by atoms with Gasteiger partial charge in [0.2, 0.25) is 5.89 Å². The summed E-state index contributed by atoms with van der Waals surface area (Å²) in [4.78, 5) is 8.90. The minimum absolute atomic E-state index is 0.523. The van der Waals surface area contributed by atoms with E-state index in [2.05, 4.69) is 9.97 Å². The molecule has 4 aromatic rings. The van der Waals surface area contributed by atoms with Crippen molar-refractivity contribution >= 4 is 68.0 Å². The zero-order valence-electron chi connectivity index (χ0n) is 11.1. The molecule has 0 unspecified atom stereocenters. The van der Waals surface area contributed by atoms with Crippen LogP contribution in [0.3, 0.4) is 0 Å². The molecule has 0 saturated heterocycles. The molecule has 0 atom stereocenters. The van der Waals surface area contributed by atoms with Crippen LogP contribution in [0.5, 0.6) is 0 Å². The lowest BCUT2D eigenvalue weighted by atomic mass is 10.3. The first-order valence-electron chi connectivity index (χ1n) is 6.48. The van der Waals surface area contributed by atoms with Crippen molar-refractivity contribution in [1.82, 2.24) is 9.97 Å². The number of rotatable bonds is 2. The van der Waals surface area contributed by atoms with Crippen LogP contribution >= 0.6 is 34.5 Å². The van der Waals surface area contributed by atoms with Gasteiger partial charge in [0, 0.05) is 22.2 Å². The second kappa shape index (κ2) is 5.39. The molecule has 0 radical (unpaired) electrons. The lowest BCUT2D eigenvalue weighted by molar-refractivity contribution is 0.590. The predicted octanol–water partition coefficient (Wildman–Crippen LogP) is 5.91. The molecule has 0 N–H and O–H groups in total. The van der Waals surface area contributed by atoms with Crippen LogP contribution in [0.25, 0.3) is 33.5 Å². The largest absolute Gasteiger partial charge is 0.437 e. The molecule has 0 saturated carbocycles. The van der Waals surface area contributed by atoms with Crippen molar-refractivity contribution < 1.29 is 4.42 Å². The van der Waals surface area contributed by atoms with Crippen LogP contribution in [0.1, 0.15) is 10.9 Å². The van der Waals surface area contributed by atoms with E-state index in [1.807, 2.05) is 30.3 Å². The number of thiazole rings is 1. The minimum atomic E-state index is 0.523. The topological polar surface area (TPSA) is 38.9 Å². The Morgan fingerprint density at radius 1 is 0.909 bits per heavy atom. The fourth-order valence-corrected chi connectivity index (χ4v) is 3.43. The molecule has 0 fully saturated rings. The van der Waals surface area contributed by atoms with E-state index in [0.29, 0.717) is 21.5 Å². The van der Waals surface area contributed by atoms with Gasteiger partial charge >= 0.3 is 0 Å². The third-order valence-electron chi connectivity index (χ3n) is 3.10. The van der Waals surface area contributed by atoms with Gasteiger partial charge in [-0.3, -0.25) is 0 Å². The van der Waals surface area contributed by atoms with Gasteiger partial charge in [0.05, 0.1) is 10.2 Å². The van der Waals surface area contributed by atoms with E-state index in [1.165, 1.54) is 0 Å². The molecule has 4 rings (SSSR count). The van der Waals surface area contributed by atoms with Gasteiger partial charge in [-0.1, -0.05) is 23.2 Å². The summed E-state index contributed by atoms with van der Waals surface area (Å²) in [5.41, 5.74) is 2.38. The lowest BCUT2D eigenvalue weighted by Crippen LogP contribution is -1.71. The average molecular weight is 347 g/mol. The zero-order valence-corrected chi connectivity index (χ0v) is 13.4. The first-order chi connectivity index (χ1) is 10.7. The predicted molar refractivity (Wildman–Crippen MR) is 92.6 cm³/mol. The smallest absolute Gasteiger partial charge is 0.220 e. The van der Waals surface area contributed by atoms with E-state index in [0.717, 1.165) is 20.7 Å². The fourth-order valence-electron chi connectivity index (χ4n) is 2.12. The summed E-state index contributed by atoms with van der Waals surface area (Å²) in [6, 6.07) is 11.0. The van der Waals surface area contributed by atoms with E-state index in [1.54, 1.807) is 29.5 Å². The molecule has 6 heteroatoms. The van der Waals surface area contributed by atoms with E-state index in [-0.39, 0.29) is 0 Å². The molecule has 0 aliphatic rings. The van der Waals surface area contributed by atoms with Gasteiger partial charge in [-0.2, -0.15) is 0 Å². The van der Waals surface area contributed by atoms with Gasteiger partial charge in [-0.05, 0) is 36.4 Å². The SMILES string of the molecule is Clc1ccc2nc(C=Cc3nc4ccc(Cl)cc4s3)oc2c1. The van der Waals surface area contributed by atoms with Crippen molar-refractivity contribution in [2.45, 2.75) is 0 Å². The molecule has 2 aromatic heterocycles. The molecular weight excluding hydrogens is 339 g/mol. The van der Waals surface area contributed by atoms with Crippen molar-refractivity contribution in [3.05, 3.63) is 57.3 Å². The van der Waals surface area contributed by atoms with Gasteiger partial charge < -0.3 is 4.42 Å². The van der Waals surface area contributed by atoms with E-state index < -0.39 is 0 Å². The number of benzene rings is 2. The highest BCUT2D eigenvalue weighted by Gasteiger charge is 2.05. The van der Waals surface area contributed by atoms with Gasteiger partial charge in [-0.15, -0.1) is 11.3 Å². The molecule has 0 bridgehead atoms. The quantitative estimate of drug-likeness (QED) is 0.452. The van der Waals surface area contributed by atoms with Crippen LogP contribution in [-0.2, 0) is 0 Å². The Labute approximate surface area is 139 Å². The maximum absolute atomic E-state index is 5.98. The molecule has 0 aliphatic heterocycles. The summed E-state index contributed by atoms with van der Waals surface area (Å²) in [6.45, 7) is 0. The van der Waals surface area contributed by atoms with Crippen molar-refractivity contribution in [1.29, 1.82) is 0 Å². The molecule has 3 nitrogen and oxygen atoms in total. The third kappa shape index (κ3) is 2.61. The van der Waals surface area contributed by atoms with E-state index in [4.69, 9.17) is 27.6 Å². The summed E-state index contributed by atoms with van der Waals surface area (Å²) in [5, 5.41) is 2.21. The summed E-state index contributed by atoms with van der Waals surface area (Å²) in [5.74, 6) is 0.523. The first-order valence-corrected chi connectivity index (χ1v) is 8.05. The lowest BCUT2D eigenvalue weighted by Gasteiger charge is -1.86. The van der Waals surface area contributed by atoms with Gasteiger partial charge in [0.15, 0.2) is 5.58 Å². The highest BCUT2D eigenvalue weighted by molar-refractivity contribution is 7.19. The maximum atomic E-state index is 5.98. The summed E-state index contributed by atoms with van der Waals surface area (Å²) in [7, 11) is 0. The van der Waals surface area contributed by atoms with Gasteiger partial charge in [0.25, 0.3) is 0 Å². The second-order valence-electron chi connectivity index (χ2n) is 4.66. The van der Waals surface area contributed by atoms with Crippen LogP contribution in [-0.4, -0.2) is 9.97 Å². The summed E-state index contributed by atoms with van der Waals surface area (Å²) >= 11 is 13.5. The molecule has 108 valence electrons. The summed E-state index contributed by atoms with van der Waals surface area (Å²) in [6.07, 6.45) is 3.68. The second-order valence-corrected chi connectivity index (χ2v) is 6.60. The maximum Gasteiger partial charge on any atom is 0.220 e. The molecule has 0 aliphatic carbocycles. The Morgan fingerprint density at radius 3 is 2.55 bits per heavy atom. The number of aromatic nitrogens is 2. The number of oxazole rings is 1. The molecule has 0 spiro atoms. The zero-order chi connectivity index (χ0) is 15.1. The molecule has 2 heterocycles. The molecule has 2 aromatic carbocycles. The van der Waals surface area contributed by atoms with Crippen molar-refractivity contribution in [2.24, 2.45) is 0 Å². The Bertz CT molecular complexity index is 938. The van der Waals surface area contributed by atoms with Crippen LogP contribution in [0.2, 0.25) is 10.0 Å². The highest BCUT2D eigenvalue weighted by atomic mass is 35.5. The number of hydrogen-bond donors (Lipinski definition) is 0. The molecule has 22 heavy (non-hydrogen) atoms. The number of nitrogens with zero attached hydrogens (tertiary/aromatic N) is 2. The average Bonchev–Trinajstić information content (AvgIpc) is 3.07. The Hall–Kier alpha value is -1.88. The number of fused-ring (bicyclic) bond motifs is 2. The highest BCUT2D eigenvalue weighted by Crippen LogP contribution is 2.27.